The van der Waals surface area contributed by atoms with E-state index in [2.05, 4.69) is 26.7 Å². The van der Waals surface area contributed by atoms with E-state index in [1.807, 2.05) is 12.1 Å². The number of hydrogen-bond donors (Lipinski definition) is 2. The third kappa shape index (κ3) is 6.20. The summed E-state index contributed by atoms with van der Waals surface area (Å²) in [5.74, 6) is 0.174. The standard InChI is InChI=1S/C25H31ClFN5O/c1-33-9-8-29-19-4-2-17(3-5-19)10-20-12-21(22(27)14-30-20)18-11-23(24(26)31-13-18)32-16-25(15-28)6-7-25/h11-14,17,19,29,32H,2-10,16H2,1H3. The van der Waals surface area contributed by atoms with Gasteiger partial charge < -0.3 is 15.4 Å². The number of methoxy groups -OCH3 is 1. The Balaban J connectivity index is 1.40. The van der Waals surface area contributed by atoms with Gasteiger partial charge in [0.05, 0.1) is 30.0 Å². The smallest absolute Gasteiger partial charge is 0.152 e. The van der Waals surface area contributed by atoms with Crippen LogP contribution in [0.1, 0.15) is 44.2 Å². The molecule has 2 fully saturated rings. The molecular weight excluding hydrogens is 441 g/mol. The van der Waals surface area contributed by atoms with E-state index in [1.165, 1.54) is 6.20 Å². The molecule has 33 heavy (non-hydrogen) atoms. The molecule has 2 aliphatic carbocycles. The molecule has 0 spiro atoms. The van der Waals surface area contributed by atoms with Gasteiger partial charge in [0.1, 0.15) is 5.82 Å². The summed E-state index contributed by atoms with van der Waals surface area (Å²) in [5, 5.41) is 16.4. The molecule has 6 nitrogen and oxygen atoms in total. The third-order valence-corrected chi connectivity index (χ3v) is 7.15. The van der Waals surface area contributed by atoms with Crippen molar-refractivity contribution in [3.05, 3.63) is 41.2 Å². The van der Waals surface area contributed by atoms with Crippen LogP contribution in [-0.2, 0) is 11.2 Å². The normalized spacial score (nSPS) is 21.4. The van der Waals surface area contributed by atoms with E-state index >= 15 is 0 Å². The number of aromatic nitrogens is 2. The molecule has 176 valence electrons. The van der Waals surface area contributed by atoms with Crippen molar-refractivity contribution in [2.24, 2.45) is 11.3 Å². The average molecular weight is 472 g/mol. The highest BCUT2D eigenvalue weighted by Gasteiger charge is 2.43. The van der Waals surface area contributed by atoms with Gasteiger partial charge in [-0.1, -0.05) is 11.6 Å². The van der Waals surface area contributed by atoms with E-state index < -0.39 is 0 Å². The van der Waals surface area contributed by atoms with Crippen LogP contribution in [0.5, 0.6) is 0 Å². The Morgan fingerprint density at radius 3 is 2.70 bits per heavy atom. The minimum Gasteiger partial charge on any atom is -0.383 e. The van der Waals surface area contributed by atoms with Gasteiger partial charge in [-0.25, -0.2) is 9.37 Å². The Hall–Kier alpha value is -2.27. The first-order valence-corrected chi connectivity index (χ1v) is 12.1. The van der Waals surface area contributed by atoms with Gasteiger partial charge >= 0.3 is 0 Å². The number of ether oxygens (including phenoxy) is 1. The lowest BCUT2D eigenvalue weighted by molar-refractivity contribution is 0.188. The third-order valence-electron chi connectivity index (χ3n) is 6.85. The highest BCUT2D eigenvalue weighted by atomic mass is 35.5. The zero-order valence-corrected chi connectivity index (χ0v) is 19.8. The number of anilines is 1. The molecule has 0 bridgehead atoms. The Morgan fingerprint density at radius 2 is 2.00 bits per heavy atom. The van der Waals surface area contributed by atoms with Crippen molar-refractivity contribution in [1.82, 2.24) is 15.3 Å². The minimum atomic E-state index is -0.379. The first kappa shape index (κ1) is 23.9. The lowest BCUT2D eigenvalue weighted by Crippen LogP contribution is -2.35. The summed E-state index contributed by atoms with van der Waals surface area (Å²) < 4.78 is 19.8. The fourth-order valence-electron chi connectivity index (χ4n) is 4.51. The minimum absolute atomic E-state index is 0.313. The van der Waals surface area contributed by atoms with E-state index in [0.29, 0.717) is 40.5 Å². The lowest BCUT2D eigenvalue weighted by atomic mass is 9.83. The fourth-order valence-corrected chi connectivity index (χ4v) is 4.68. The highest BCUT2D eigenvalue weighted by Crippen LogP contribution is 2.45. The van der Waals surface area contributed by atoms with Crippen LogP contribution in [0.15, 0.2) is 24.5 Å². The summed E-state index contributed by atoms with van der Waals surface area (Å²) in [5.41, 5.74) is 2.33. The first-order valence-electron chi connectivity index (χ1n) is 11.7. The van der Waals surface area contributed by atoms with Gasteiger partial charge in [0.25, 0.3) is 0 Å². The molecule has 0 saturated heterocycles. The van der Waals surface area contributed by atoms with E-state index in [-0.39, 0.29) is 11.2 Å². The maximum absolute atomic E-state index is 14.7. The van der Waals surface area contributed by atoms with Gasteiger partial charge in [-0.2, -0.15) is 5.26 Å². The zero-order chi connectivity index (χ0) is 23.3. The Morgan fingerprint density at radius 1 is 1.21 bits per heavy atom. The largest absolute Gasteiger partial charge is 0.383 e. The van der Waals surface area contributed by atoms with Gasteiger partial charge in [0, 0.05) is 49.3 Å². The predicted molar refractivity (Wildman–Crippen MR) is 128 cm³/mol. The van der Waals surface area contributed by atoms with Crippen molar-refractivity contribution < 1.29 is 9.13 Å². The van der Waals surface area contributed by atoms with Crippen molar-refractivity contribution in [1.29, 1.82) is 5.26 Å². The van der Waals surface area contributed by atoms with Gasteiger partial charge in [-0.15, -0.1) is 0 Å². The van der Waals surface area contributed by atoms with Crippen LogP contribution >= 0.6 is 11.6 Å². The molecule has 2 heterocycles. The maximum atomic E-state index is 14.7. The van der Waals surface area contributed by atoms with Crippen molar-refractivity contribution >= 4 is 17.3 Å². The van der Waals surface area contributed by atoms with E-state index in [9.17, 15) is 9.65 Å². The summed E-state index contributed by atoms with van der Waals surface area (Å²) in [7, 11) is 1.72. The number of halogens is 2. The van der Waals surface area contributed by atoms with Gasteiger partial charge in [-0.3, -0.25) is 4.98 Å². The number of nitrogens with zero attached hydrogens (tertiary/aromatic N) is 3. The summed E-state index contributed by atoms with van der Waals surface area (Å²) in [4.78, 5) is 8.61. The Bertz CT molecular complexity index is 999. The monoisotopic (exact) mass is 471 g/mol. The molecule has 4 rings (SSSR count). The summed E-state index contributed by atoms with van der Waals surface area (Å²) in [6, 6.07) is 6.55. The topological polar surface area (TPSA) is 82.9 Å². The van der Waals surface area contributed by atoms with E-state index in [1.54, 1.807) is 13.3 Å². The Kier molecular flexibility index (Phi) is 7.79. The maximum Gasteiger partial charge on any atom is 0.152 e. The van der Waals surface area contributed by atoms with Crippen molar-refractivity contribution in [2.45, 2.75) is 51.0 Å². The van der Waals surface area contributed by atoms with Crippen LogP contribution in [-0.4, -0.2) is 42.8 Å². The zero-order valence-electron chi connectivity index (χ0n) is 19.0. The second-order valence-electron chi connectivity index (χ2n) is 9.33. The lowest BCUT2D eigenvalue weighted by Gasteiger charge is -2.29. The number of pyridine rings is 2. The molecule has 2 aromatic heterocycles. The molecule has 2 aromatic rings. The number of nitriles is 1. The van der Waals surface area contributed by atoms with Gasteiger partial charge in [0.15, 0.2) is 5.15 Å². The van der Waals surface area contributed by atoms with Crippen molar-refractivity contribution in [3.63, 3.8) is 0 Å². The molecule has 0 unspecified atom stereocenters. The molecule has 2 N–H and O–H groups in total. The van der Waals surface area contributed by atoms with Crippen LogP contribution in [0.25, 0.3) is 11.1 Å². The molecule has 0 aromatic carbocycles. The molecule has 0 aliphatic heterocycles. The second-order valence-corrected chi connectivity index (χ2v) is 9.69. The number of hydrogen-bond acceptors (Lipinski definition) is 6. The van der Waals surface area contributed by atoms with Gasteiger partial charge in [-0.05, 0) is 63.0 Å². The van der Waals surface area contributed by atoms with Crippen molar-refractivity contribution in [3.8, 4) is 17.2 Å². The highest BCUT2D eigenvalue weighted by molar-refractivity contribution is 6.32. The summed E-state index contributed by atoms with van der Waals surface area (Å²) in [6.45, 7) is 2.14. The summed E-state index contributed by atoms with van der Waals surface area (Å²) >= 11 is 6.25. The molecular formula is C25H31ClFN5O. The van der Waals surface area contributed by atoms with E-state index in [0.717, 1.165) is 63.8 Å². The SMILES string of the molecule is COCCNC1CCC(Cc2cc(-c3cnc(Cl)c(NCC4(C#N)CC4)c3)c(F)cn2)CC1. The van der Waals surface area contributed by atoms with Crippen LogP contribution in [0.2, 0.25) is 5.15 Å². The molecule has 8 heteroatoms. The van der Waals surface area contributed by atoms with Crippen LogP contribution in [0.3, 0.4) is 0 Å². The average Bonchev–Trinajstić information content (AvgIpc) is 3.62. The molecule has 2 aliphatic rings. The molecule has 0 radical (unpaired) electrons. The molecule has 2 saturated carbocycles. The first-order chi connectivity index (χ1) is 16.0. The molecule has 0 atom stereocenters. The van der Waals surface area contributed by atoms with Crippen LogP contribution < -0.4 is 10.6 Å². The quantitative estimate of drug-likeness (QED) is 0.375. The second kappa shape index (κ2) is 10.8. The number of rotatable bonds is 10. The Labute approximate surface area is 199 Å². The summed E-state index contributed by atoms with van der Waals surface area (Å²) in [6.07, 6.45) is 10.1. The van der Waals surface area contributed by atoms with Crippen LogP contribution in [0, 0.1) is 28.5 Å². The molecule has 0 amide bonds. The van der Waals surface area contributed by atoms with E-state index in [4.69, 9.17) is 16.3 Å². The van der Waals surface area contributed by atoms with Crippen molar-refractivity contribution in [2.75, 3.05) is 32.1 Å². The van der Waals surface area contributed by atoms with Gasteiger partial charge in [0.2, 0.25) is 0 Å². The fraction of sp³-hybridized carbons (Fsp3) is 0.560. The number of nitrogens with one attached hydrogen (secondary N) is 2. The predicted octanol–water partition coefficient (Wildman–Crippen LogP) is 4.99. The van der Waals surface area contributed by atoms with Crippen LogP contribution in [0.4, 0.5) is 10.1 Å².